The first kappa shape index (κ1) is 14.8. The average molecular weight is 280 g/mol. The molecule has 1 saturated carbocycles. The quantitative estimate of drug-likeness (QED) is 0.901. The molecule has 1 aromatic rings. The van der Waals surface area contributed by atoms with Gasteiger partial charge in [0.25, 0.3) is 5.56 Å². The summed E-state index contributed by atoms with van der Waals surface area (Å²) in [5.74, 6) is 1.11. The second kappa shape index (κ2) is 6.24. The largest absolute Gasteiger partial charge is 0.361 e. The van der Waals surface area contributed by atoms with Crippen molar-refractivity contribution in [3.63, 3.8) is 0 Å². The lowest BCUT2D eigenvalue weighted by Crippen LogP contribution is -2.41. The first-order valence-electron chi connectivity index (χ1n) is 7.43. The molecule has 0 spiro atoms. The summed E-state index contributed by atoms with van der Waals surface area (Å²) < 4.78 is 2.30. The van der Waals surface area contributed by atoms with Gasteiger partial charge < -0.3 is 5.32 Å². The molecule has 0 atom stereocenters. The predicted molar refractivity (Wildman–Crippen MR) is 79.0 cm³/mol. The van der Waals surface area contributed by atoms with Crippen LogP contribution in [-0.2, 0) is 14.1 Å². The smallest absolute Gasteiger partial charge is 0.346 e. The SMILES string of the molecule is CCCC1CCC(Nc2nn(C)c(=O)n(C)c2=O)CC1. The Balaban J connectivity index is 2.05. The number of anilines is 1. The van der Waals surface area contributed by atoms with E-state index in [2.05, 4.69) is 17.3 Å². The van der Waals surface area contributed by atoms with Crippen LogP contribution in [0.25, 0.3) is 0 Å². The molecule has 0 aliphatic heterocycles. The van der Waals surface area contributed by atoms with Crippen LogP contribution in [0.2, 0.25) is 0 Å². The van der Waals surface area contributed by atoms with E-state index in [1.165, 1.54) is 37.4 Å². The maximum atomic E-state index is 12.0. The molecule has 112 valence electrons. The summed E-state index contributed by atoms with van der Waals surface area (Å²) in [5.41, 5.74) is -0.740. The second-order valence-electron chi connectivity index (χ2n) is 5.77. The normalized spacial score (nSPS) is 22.8. The van der Waals surface area contributed by atoms with Crippen molar-refractivity contribution in [2.24, 2.45) is 20.0 Å². The fourth-order valence-corrected chi connectivity index (χ4v) is 2.99. The van der Waals surface area contributed by atoms with E-state index >= 15 is 0 Å². The zero-order chi connectivity index (χ0) is 14.7. The Morgan fingerprint density at radius 3 is 2.45 bits per heavy atom. The molecule has 1 fully saturated rings. The molecule has 1 aliphatic rings. The minimum Gasteiger partial charge on any atom is -0.361 e. The van der Waals surface area contributed by atoms with E-state index in [1.54, 1.807) is 7.05 Å². The van der Waals surface area contributed by atoms with Crippen molar-refractivity contribution in [1.29, 1.82) is 0 Å². The van der Waals surface area contributed by atoms with Crippen LogP contribution in [0.15, 0.2) is 9.59 Å². The molecule has 0 radical (unpaired) electrons. The Morgan fingerprint density at radius 2 is 1.85 bits per heavy atom. The van der Waals surface area contributed by atoms with Gasteiger partial charge in [-0.2, -0.15) is 0 Å². The van der Waals surface area contributed by atoms with Crippen LogP contribution in [-0.4, -0.2) is 20.4 Å². The third-order valence-corrected chi connectivity index (χ3v) is 4.21. The van der Waals surface area contributed by atoms with Gasteiger partial charge in [0.15, 0.2) is 0 Å². The van der Waals surface area contributed by atoms with Crippen molar-refractivity contribution in [3.8, 4) is 0 Å². The first-order valence-corrected chi connectivity index (χ1v) is 7.43. The highest BCUT2D eigenvalue weighted by atomic mass is 16.2. The summed E-state index contributed by atoms with van der Waals surface area (Å²) in [7, 11) is 3.04. The summed E-state index contributed by atoms with van der Waals surface area (Å²) in [6.45, 7) is 2.22. The number of nitrogens with one attached hydrogen (secondary N) is 1. The third-order valence-electron chi connectivity index (χ3n) is 4.21. The second-order valence-corrected chi connectivity index (χ2v) is 5.77. The van der Waals surface area contributed by atoms with E-state index in [0.717, 1.165) is 23.3 Å². The van der Waals surface area contributed by atoms with Crippen LogP contribution in [0.4, 0.5) is 5.82 Å². The maximum Gasteiger partial charge on any atom is 0.346 e. The molecule has 1 aliphatic carbocycles. The van der Waals surface area contributed by atoms with Crippen LogP contribution in [0.1, 0.15) is 45.4 Å². The van der Waals surface area contributed by atoms with Gasteiger partial charge in [0, 0.05) is 20.1 Å². The Hall–Kier alpha value is -1.59. The number of hydrogen-bond donors (Lipinski definition) is 1. The van der Waals surface area contributed by atoms with Gasteiger partial charge in [0.1, 0.15) is 0 Å². The molecule has 0 aromatic carbocycles. The van der Waals surface area contributed by atoms with Crippen molar-refractivity contribution in [2.75, 3.05) is 5.32 Å². The summed E-state index contributed by atoms with van der Waals surface area (Å²) in [5, 5.41) is 7.26. The number of nitrogens with zero attached hydrogens (tertiary/aromatic N) is 3. The molecule has 1 heterocycles. The topological polar surface area (TPSA) is 68.9 Å². The molecule has 6 heteroatoms. The summed E-state index contributed by atoms with van der Waals surface area (Å²) in [6, 6.07) is 0.292. The van der Waals surface area contributed by atoms with E-state index in [0.29, 0.717) is 6.04 Å². The highest BCUT2D eigenvalue weighted by Gasteiger charge is 2.22. The standard InChI is InChI=1S/C14H24N4O2/c1-4-5-10-6-8-11(9-7-10)15-12-13(19)17(2)14(20)18(3)16-12/h10-11H,4-9H2,1-3H3,(H,15,16). The van der Waals surface area contributed by atoms with Crippen LogP contribution in [0, 0.1) is 5.92 Å². The van der Waals surface area contributed by atoms with Gasteiger partial charge in [-0.25, -0.2) is 9.48 Å². The number of hydrogen-bond acceptors (Lipinski definition) is 4. The van der Waals surface area contributed by atoms with E-state index < -0.39 is 5.69 Å². The summed E-state index contributed by atoms with van der Waals surface area (Å²) in [4.78, 5) is 23.6. The molecular weight excluding hydrogens is 256 g/mol. The lowest BCUT2D eigenvalue weighted by atomic mass is 9.83. The molecule has 0 amide bonds. The maximum absolute atomic E-state index is 12.0. The van der Waals surface area contributed by atoms with Gasteiger partial charge in [0.05, 0.1) is 0 Å². The van der Waals surface area contributed by atoms with Gasteiger partial charge in [-0.1, -0.05) is 19.8 Å². The Morgan fingerprint density at radius 1 is 1.20 bits per heavy atom. The minimum atomic E-state index is -0.396. The Bertz CT molecular complexity index is 568. The van der Waals surface area contributed by atoms with Crippen LogP contribution >= 0.6 is 0 Å². The van der Waals surface area contributed by atoms with Crippen LogP contribution < -0.4 is 16.6 Å². The number of aryl methyl sites for hydroxylation is 1. The van der Waals surface area contributed by atoms with Gasteiger partial charge >= 0.3 is 5.69 Å². The first-order chi connectivity index (χ1) is 9.52. The zero-order valence-electron chi connectivity index (χ0n) is 12.6. The van der Waals surface area contributed by atoms with Gasteiger partial charge in [-0.3, -0.25) is 9.36 Å². The predicted octanol–water partition coefficient (Wildman–Crippen LogP) is 1.25. The lowest BCUT2D eigenvalue weighted by Gasteiger charge is -2.29. The minimum absolute atomic E-state index is 0.286. The Kier molecular flexibility index (Phi) is 4.62. The lowest BCUT2D eigenvalue weighted by molar-refractivity contribution is 0.318. The number of rotatable bonds is 4. The molecule has 20 heavy (non-hydrogen) atoms. The molecule has 6 nitrogen and oxygen atoms in total. The Labute approximate surface area is 118 Å². The highest BCUT2D eigenvalue weighted by molar-refractivity contribution is 5.31. The summed E-state index contributed by atoms with van der Waals surface area (Å²) >= 11 is 0. The van der Waals surface area contributed by atoms with Gasteiger partial charge in [-0.05, 0) is 31.6 Å². The molecule has 1 N–H and O–H groups in total. The highest BCUT2D eigenvalue weighted by Crippen LogP contribution is 2.28. The van der Waals surface area contributed by atoms with E-state index in [1.807, 2.05) is 0 Å². The van der Waals surface area contributed by atoms with Crippen molar-refractivity contribution < 1.29 is 0 Å². The molecule has 0 saturated heterocycles. The molecule has 1 aromatic heterocycles. The fourth-order valence-electron chi connectivity index (χ4n) is 2.99. The summed E-state index contributed by atoms with van der Waals surface area (Å²) in [6.07, 6.45) is 7.09. The zero-order valence-corrected chi connectivity index (χ0v) is 12.6. The van der Waals surface area contributed by atoms with E-state index in [4.69, 9.17) is 0 Å². The monoisotopic (exact) mass is 280 g/mol. The van der Waals surface area contributed by atoms with Crippen molar-refractivity contribution >= 4 is 5.82 Å². The van der Waals surface area contributed by atoms with Crippen molar-refractivity contribution in [2.45, 2.75) is 51.5 Å². The van der Waals surface area contributed by atoms with Crippen molar-refractivity contribution in [1.82, 2.24) is 14.3 Å². The fraction of sp³-hybridized carbons (Fsp3) is 0.786. The molecular formula is C14H24N4O2. The molecule has 0 unspecified atom stereocenters. The molecule has 2 rings (SSSR count). The van der Waals surface area contributed by atoms with Crippen LogP contribution in [0.5, 0.6) is 0 Å². The van der Waals surface area contributed by atoms with E-state index in [-0.39, 0.29) is 11.4 Å². The molecule has 0 bridgehead atoms. The van der Waals surface area contributed by atoms with Crippen molar-refractivity contribution in [3.05, 3.63) is 20.8 Å². The van der Waals surface area contributed by atoms with Gasteiger partial charge in [-0.15, -0.1) is 5.10 Å². The average Bonchev–Trinajstić information content (AvgIpc) is 2.45. The van der Waals surface area contributed by atoms with E-state index in [9.17, 15) is 9.59 Å². The number of aromatic nitrogens is 3. The van der Waals surface area contributed by atoms with Gasteiger partial charge in [0.2, 0.25) is 5.82 Å². The van der Waals surface area contributed by atoms with Crippen LogP contribution in [0.3, 0.4) is 0 Å². The third kappa shape index (κ3) is 3.11.